The van der Waals surface area contributed by atoms with Gasteiger partial charge in [0.2, 0.25) is 0 Å². The van der Waals surface area contributed by atoms with E-state index in [2.05, 4.69) is 10.3 Å². The molecule has 0 aliphatic carbocycles. The lowest BCUT2D eigenvalue weighted by molar-refractivity contribution is 0.791. The number of hydrogen-bond acceptors (Lipinski definition) is 3. The van der Waals surface area contributed by atoms with Crippen molar-refractivity contribution in [3.63, 3.8) is 0 Å². The summed E-state index contributed by atoms with van der Waals surface area (Å²) in [7, 11) is 1.70. The number of rotatable bonds is 2. The third-order valence-electron chi connectivity index (χ3n) is 1.70. The van der Waals surface area contributed by atoms with E-state index in [1.54, 1.807) is 13.2 Å². The summed E-state index contributed by atoms with van der Waals surface area (Å²) >= 11 is 0. The molecule has 1 heterocycles. The van der Waals surface area contributed by atoms with Gasteiger partial charge in [0.15, 0.2) is 0 Å². The monoisotopic (exact) mass is 181 g/mol. The largest absolute Gasteiger partial charge is 0.367 e. The van der Waals surface area contributed by atoms with Gasteiger partial charge in [-0.15, -0.1) is 0 Å². The van der Waals surface area contributed by atoms with Gasteiger partial charge >= 0.3 is 5.69 Å². The molecule has 1 aromatic heterocycles. The summed E-state index contributed by atoms with van der Waals surface area (Å²) in [4.78, 5) is 15.1. The Balaban J connectivity index is 3.09. The summed E-state index contributed by atoms with van der Waals surface area (Å²) in [5.74, 6) is 0.679. The molecule has 0 amide bonds. The lowest BCUT2D eigenvalue weighted by Crippen LogP contribution is -2.23. The third-order valence-corrected chi connectivity index (χ3v) is 1.70. The SMILES string of the molecule is Cc1cn(C)c(=O)nc1NC(C)C. The molecule has 0 fully saturated rings. The highest BCUT2D eigenvalue weighted by Crippen LogP contribution is 2.07. The lowest BCUT2D eigenvalue weighted by atomic mass is 10.3. The minimum Gasteiger partial charge on any atom is -0.367 e. The molecule has 1 rings (SSSR count). The van der Waals surface area contributed by atoms with Crippen molar-refractivity contribution < 1.29 is 0 Å². The van der Waals surface area contributed by atoms with Crippen molar-refractivity contribution in [3.05, 3.63) is 22.2 Å². The first-order valence-electron chi connectivity index (χ1n) is 4.31. The molecule has 0 aliphatic heterocycles. The normalized spacial score (nSPS) is 10.5. The van der Waals surface area contributed by atoms with Crippen LogP contribution in [0.25, 0.3) is 0 Å². The Bertz CT molecular complexity index is 354. The first-order chi connectivity index (χ1) is 6.00. The Morgan fingerprint density at radius 2 is 2.15 bits per heavy atom. The van der Waals surface area contributed by atoms with Crippen molar-refractivity contribution in [3.8, 4) is 0 Å². The van der Waals surface area contributed by atoms with Gasteiger partial charge in [-0.05, 0) is 20.8 Å². The fourth-order valence-electron chi connectivity index (χ4n) is 1.09. The van der Waals surface area contributed by atoms with Crippen LogP contribution in [0.3, 0.4) is 0 Å². The van der Waals surface area contributed by atoms with Crippen LogP contribution in [0.1, 0.15) is 19.4 Å². The van der Waals surface area contributed by atoms with Gasteiger partial charge in [-0.1, -0.05) is 0 Å². The molecule has 13 heavy (non-hydrogen) atoms. The topological polar surface area (TPSA) is 46.9 Å². The second-order valence-electron chi connectivity index (χ2n) is 3.47. The Morgan fingerprint density at radius 3 is 2.69 bits per heavy atom. The molecular formula is C9H15N3O. The molecule has 0 aromatic carbocycles. The van der Waals surface area contributed by atoms with Gasteiger partial charge in [0.05, 0.1) is 0 Å². The van der Waals surface area contributed by atoms with Crippen molar-refractivity contribution in [1.82, 2.24) is 9.55 Å². The second-order valence-corrected chi connectivity index (χ2v) is 3.47. The van der Waals surface area contributed by atoms with Crippen LogP contribution < -0.4 is 11.0 Å². The van der Waals surface area contributed by atoms with Gasteiger partial charge in [-0.25, -0.2) is 4.79 Å². The average molecular weight is 181 g/mol. The Labute approximate surface area is 77.6 Å². The van der Waals surface area contributed by atoms with E-state index in [1.165, 1.54) is 4.57 Å². The van der Waals surface area contributed by atoms with E-state index in [0.717, 1.165) is 5.56 Å². The molecule has 0 radical (unpaired) electrons. The summed E-state index contributed by atoms with van der Waals surface area (Å²) < 4.78 is 1.47. The van der Waals surface area contributed by atoms with Crippen LogP contribution in [0, 0.1) is 6.92 Å². The summed E-state index contributed by atoms with van der Waals surface area (Å²) in [6.07, 6.45) is 1.78. The van der Waals surface area contributed by atoms with Crippen LogP contribution >= 0.6 is 0 Å². The zero-order chi connectivity index (χ0) is 10.0. The highest BCUT2D eigenvalue weighted by Gasteiger charge is 2.03. The molecule has 0 saturated carbocycles. The fraction of sp³-hybridized carbons (Fsp3) is 0.556. The summed E-state index contributed by atoms with van der Waals surface area (Å²) in [6, 6.07) is 0.290. The molecule has 4 nitrogen and oxygen atoms in total. The number of nitrogens with one attached hydrogen (secondary N) is 1. The molecule has 0 bridgehead atoms. The number of nitrogens with zero attached hydrogens (tertiary/aromatic N) is 2. The Morgan fingerprint density at radius 1 is 1.54 bits per heavy atom. The molecule has 0 atom stereocenters. The maximum Gasteiger partial charge on any atom is 0.349 e. The van der Waals surface area contributed by atoms with Gasteiger partial charge in [0, 0.05) is 24.8 Å². The molecular weight excluding hydrogens is 166 g/mol. The Kier molecular flexibility index (Phi) is 2.70. The van der Waals surface area contributed by atoms with E-state index in [1.807, 2.05) is 20.8 Å². The predicted octanol–water partition coefficient (Wildman–Crippen LogP) is 0.909. The lowest BCUT2D eigenvalue weighted by Gasteiger charge is -2.11. The predicted molar refractivity (Wildman–Crippen MR) is 53.0 cm³/mol. The smallest absolute Gasteiger partial charge is 0.349 e. The zero-order valence-corrected chi connectivity index (χ0v) is 8.46. The maximum absolute atomic E-state index is 11.2. The van der Waals surface area contributed by atoms with Crippen molar-refractivity contribution in [2.45, 2.75) is 26.8 Å². The van der Waals surface area contributed by atoms with E-state index in [9.17, 15) is 4.79 Å². The molecule has 0 unspecified atom stereocenters. The van der Waals surface area contributed by atoms with E-state index in [4.69, 9.17) is 0 Å². The Hall–Kier alpha value is -1.32. The fourth-order valence-corrected chi connectivity index (χ4v) is 1.09. The second kappa shape index (κ2) is 3.60. The molecule has 0 saturated heterocycles. The summed E-state index contributed by atoms with van der Waals surface area (Å²) in [6.45, 7) is 5.95. The minimum atomic E-state index is -0.228. The van der Waals surface area contributed by atoms with Crippen molar-refractivity contribution >= 4 is 5.82 Å². The van der Waals surface area contributed by atoms with E-state index in [0.29, 0.717) is 11.9 Å². The minimum absolute atomic E-state index is 0.228. The first-order valence-corrected chi connectivity index (χ1v) is 4.31. The van der Waals surface area contributed by atoms with Gasteiger partial charge in [-0.2, -0.15) is 4.98 Å². The number of hydrogen-bond donors (Lipinski definition) is 1. The standard InChI is InChI=1S/C9H15N3O/c1-6(2)10-8-7(3)5-12(4)9(13)11-8/h5-6H,1-4H3,(H,10,11,13). The number of aromatic nitrogens is 2. The van der Waals surface area contributed by atoms with Crippen molar-refractivity contribution in [2.24, 2.45) is 7.05 Å². The van der Waals surface area contributed by atoms with E-state index >= 15 is 0 Å². The van der Waals surface area contributed by atoms with Crippen LogP contribution in [-0.2, 0) is 7.05 Å². The van der Waals surface area contributed by atoms with E-state index in [-0.39, 0.29) is 5.69 Å². The van der Waals surface area contributed by atoms with Crippen LogP contribution in [0.4, 0.5) is 5.82 Å². The quantitative estimate of drug-likeness (QED) is 0.737. The van der Waals surface area contributed by atoms with Crippen LogP contribution in [0.2, 0.25) is 0 Å². The maximum atomic E-state index is 11.2. The molecule has 72 valence electrons. The van der Waals surface area contributed by atoms with E-state index < -0.39 is 0 Å². The summed E-state index contributed by atoms with van der Waals surface area (Å²) in [5, 5.41) is 3.12. The van der Waals surface area contributed by atoms with Crippen molar-refractivity contribution in [1.29, 1.82) is 0 Å². The van der Waals surface area contributed by atoms with Gasteiger partial charge in [0.1, 0.15) is 5.82 Å². The highest BCUT2D eigenvalue weighted by atomic mass is 16.1. The molecule has 0 spiro atoms. The first kappa shape index (κ1) is 9.77. The molecule has 1 N–H and O–H groups in total. The van der Waals surface area contributed by atoms with Crippen LogP contribution in [-0.4, -0.2) is 15.6 Å². The average Bonchev–Trinajstić information content (AvgIpc) is 1.99. The molecule has 0 aliphatic rings. The molecule has 4 heteroatoms. The molecule has 1 aromatic rings. The number of anilines is 1. The van der Waals surface area contributed by atoms with Crippen LogP contribution in [0.15, 0.2) is 11.0 Å². The van der Waals surface area contributed by atoms with Gasteiger partial charge in [-0.3, -0.25) is 0 Å². The van der Waals surface area contributed by atoms with Crippen LogP contribution in [0.5, 0.6) is 0 Å². The third kappa shape index (κ3) is 2.31. The highest BCUT2D eigenvalue weighted by molar-refractivity contribution is 5.41. The zero-order valence-electron chi connectivity index (χ0n) is 8.46. The van der Waals surface area contributed by atoms with Gasteiger partial charge < -0.3 is 9.88 Å². The van der Waals surface area contributed by atoms with Crippen molar-refractivity contribution in [2.75, 3.05) is 5.32 Å². The summed E-state index contributed by atoms with van der Waals surface area (Å²) in [5.41, 5.74) is 0.754. The van der Waals surface area contributed by atoms with Gasteiger partial charge in [0.25, 0.3) is 0 Å². The number of aryl methyl sites for hydroxylation is 2.